The first-order valence-corrected chi connectivity index (χ1v) is 8.24. The average Bonchev–Trinajstić information content (AvgIpc) is 3.16. The largest absolute Gasteiger partial charge is 0.481 e. The highest BCUT2D eigenvalue weighted by Crippen LogP contribution is 2.48. The monoisotopic (exact) mass is 314 g/mol. The number of nitrogens with one attached hydrogen (secondary N) is 1. The van der Waals surface area contributed by atoms with Gasteiger partial charge in [-0.05, 0) is 36.8 Å². The first-order valence-electron chi connectivity index (χ1n) is 8.24. The summed E-state index contributed by atoms with van der Waals surface area (Å²) in [6.07, 6.45) is 8.15. The summed E-state index contributed by atoms with van der Waals surface area (Å²) in [7, 11) is 0. The Morgan fingerprint density at radius 1 is 1.30 bits per heavy atom. The number of nitrogens with zero attached hydrogens (tertiary/aromatic N) is 1. The second kappa shape index (κ2) is 6.52. The number of carbonyl (C=O) groups excluding carboxylic acids is 1. The maximum atomic E-state index is 12.8. The normalized spacial score (nSPS) is 29.4. The van der Waals surface area contributed by atoms with Gasteiger partial charge in [0.15, 0.2) is 0 Å². The molecule has 0 saturated heterocycles. The summed E-state index contributed by atoms with van der Waals surface area (Å²) in [5, 5.41) is 12.5. The van der Waals surface area contributed by atoms with Crippen LogP contribution < -0.4 is 5.32 Å². The molecule has 23 heavy (non-hydrogen) atoms. The van der Waals surface area contributed by atoms with E-state index in [-0.39, 0.29) is 23.8 Å². The lowest BCUT2D eigenvalue weighted by Crippen LogP contribution is -2.41. The zero-order valence-corrected chi connectivity index (χ0v) is 13.2. The number of rotatable bonds is 6. The number of hydrogen-bond donors (Lipinski definition) is 2. The number of pyridine rings is 1. The number of hydrogen-bond acceptors (Lipinski definition) is 3. The van der Waals surface area contributed by atoms with Gasteiger partial charge in [-0.2, -0.15) is 0 Å². The van der Waals surface area contributed by atoms with Crippen molar-refractivity contribution in [2.24, 2.45) is 23.7 Å². The standard InChI is InChI=1S/C18H22N2O3/c1-2-5-14(13-6-3-4-9-19-13)20-17(21)15-11-7-8-12(10-11)16(15)18(22)23/h3-4,6-9,11-12,14-16H,2,5,10H2,1H3,(H,20,21)(H,22,23)/t11-,12-,14-,15-,16-/m0/s1. The topological polar surface area (TPSA) is 79.3 Å². The molecule has 0 radical (unpaired) electrons. The van der Waals surface area contributed by atoms with E-state index in [1.54, 1.807) is 6.20 Å². The maximum Gasteiger partial charge on any atom is 0.307 e. The smallest absolute Gasteiger partial charge is 0.307 e. The number of fused-ring (bicyclic) bond motifs is 2. The molecule has 5 atom stereocenters. The number of carboxylic acid groups (broad SMARTS) is 1. The van der Waals surface area contributed by atoms with Crippen LogP contribution in [0, 0.1) is 23.7 Å². The van der Waals surface area contributed by atoms with E-state index >= 15 is 0 Å². The number of aromatic nitrogens is 1. The Morgan fingerprint density at radius 2 is 2.04 bits per heavy atom. The molecule has 2 aliphatic rings. The molecule has 0 aliphatic heterocycles. The number of amides is 1. The molecule has 2 aliphatic carbocycles. The van der Waals surface area contributed by atoms with Crippen molar-refractivity contribution in [2.45, 2.75) is 32.2 Å². The summed E-state index contributed by atoms with van der Waals surface area (Å²) in [6.45, 7) is 2.06. The summed E-state index contributed by atoms with van der Waals surface area (Å²) in [5.41, 5.74) is 0.827. The molecule has 1 amide bonds. The predicted octanol–water partition coefficient (Wildman–Crippen LogP) is 2.56. The predicted molar refractivity (Wildman–Crippen MR) is 85.4 cm³/mol. The highest BCUT2D eigenvalue weighted by molar-refractivity contribution is 5.87. The van der Waals surface area contributed by atoms with E-state index in [4.69, 9.17) is 0 Å². The molecule has 1 aromatic heterocycles. The number of allylic oxidation sites excluding steroid dienone is 2. The van der Waals surface area contributed by atoms with Gasteiger partial charge in [0.1, 0.15) is 0 Å². The molecule has 5 nitrogen and oxygen atoms in total. The van der Waals surface area contributed by atoms with Crippen molar-refractivity contribution in [1.29, 1.82) is 0 Å². The first kappa shape index (κ1) is 15.7. The number of aliphatic carboxylic acids is 1. The van der Waals surface area contributed by atoms with Gasteiger partial charge >= 0.3 is 5.97 Å². The average molecular weight is 314 g/mol. The fourth-order valence-electron chi connectivity index (χ4n) is 3.95. The SMILES string of the molecule is CCC[C@H](NC(=O)[C@@H]1[C@@H](C(=O)O)[C@H]2C=C[C@H]1C2)c1ccccn1. The van der Waals surface area contributed by atoms with Crippen molar-refractivity contribution >= 4 is 11.9 Å². The molecule has 122 valence electrons. The highest BCUT2D eigenvalue weighted by atomic mass is 16.4. The fraction of sp³-hybridized carbons (Fsp3) is 0.500. The van der Waals surface area contributed by atoms with Crippen LogP contribution in [0.25, 0.3) is 0 Å². The highest BCUT2D eigenvalue weighted by Gasteiger charge is 2.51. The van der Waals surface area contributed by atoms with E-state index in [9.17, 15) is 14.7 Å². The number of carboxylic acids is 1. The van der Waals surface area contributed by atoms with Gasteiger partial charge in [0.2, 0.25) is 5.91 Å². The van der Waals surface area contributed by atoms with Crippen molar-refractivity contribution in [2.75, 3.05) is 0 Å². The van der Waals surface area contributed by atoms with E-state index in [1.165, 1.54) is 0 Å². The molecular formula is C18H22N2O3. The van der Waals surface area contributed by atoms with Crippen molar-refractivity contribution in [1.82, 2.24) is 10.3 Å². The molecule has 2 bridgehead atoms. The lowest BCUT2D eigenvalue weighted by molar-refractivity contribution is -0.148. The van der Waals surface area contributed by atoms with Crippen molar-refractivity contribution in [3.63, 3.8) is 0 Å². The lowest BCUT2D eigenvalue weighted by Gasteiger charge is -2.26. The Morgan fingerprint density at radius 3 is 2.65 bits per heavy atom. The minimum Gasteiger partial charge on any atom is -0.481 e. The van der Waals surface area contributed by atoms with Crippen LogP contribution >= 0.6 is 0 Å². The second-order valence-corrected chi connectivity index (χ2v) is 6.44. The van der Waals surface area contributed by atoms with Gasteiger partial charge in [-0.25, -0.2) is 0 Å². The zero-order valence-electron chi connectivity index (χ0n) is 13.2. The Labute approximate surface area is 135 Å². The van der Waals surface area contributed by atoms with Gasteiger partial charge in [0.25, 0.3) is 0 Å². The molecule has 1 heterocycles. The lowest BCUT2D eigenvalue weighted by atomic mass is 9.82. The van der Waals surface area contributed by atoms with Gasteiger partial charge in [-0.3, -0.25) is 14.6 Å². The zero-order chi connectivity index (χ0) is 16.4. The van der Waals surface area contributed by atoms with Crippen LogP contribution in [0.3, 0.4) is 0 Å². The molecule has 3 rings (SSSR count). The summed E-state index contributed by atoms with van der Waals surface area (Å²) < 4.78 is 0. The third-order valence-corrected chi connectivity index (χ3v) is 4.99. The molecule has 1 saturated carbocycles. The molecule has 0 aromatic carbocycles. The van der Waals surface area contributed by atoms with Crippen LogP contribution in [-0.2, 0) is 9.59 Å². The van der Waals surface area contributed by atoms with Crippen molar-refractivity contribution in [3.8, 4) is 0 Å². The third-order valence-electron chi connectivity index (χ3n) is 4.99. The molecule has 2 N–H and O–H groups in total. The summed E-state index contributed by atoms with van der Waals surface area (Å²) in [5.74, 6) is -2.05. The summed E-state index contributed by atoms with van der Waals surface area (Å²) in [4.78, 5) is 28.7. The fourth-order valence-corrected chi connectivity index (χ4v) is 3.95. The third kappa shape index (κ3) is 3.00. The van der Waals surface area contributed by atoms with Crippen molar-refractivity contribution < 1.29 is 14.7 Å². The van der Waals surface area contributed by atoms with Crippen LogP contribution in [0.2, 0.25) is 0 Å². The molecule has 1 aromatic rings. The number of carbonyl (C=O) groups is 2. The maximum absolute atomic E-state index is 12.8. The van der Waals surface area contributed by atoms with Gasteiger partial charge in [0, 0.05) is 6.20 Å². The molecule has 0 spiro atoms. The molecule has 0 unspecified atom stereocenters. The van der Waals surface area contributed by atoms with E-state index in [0.717, 1.165) is 25.0 Å². The van der Waals surface area contributed by atoms with E-state index in [0.29, 0.717) is 0 Å². The van der Waals surface area contributed by atoms with Crippen LogP contribution in [-0.4, -0.2) is 22.0 Å². The Kier molecular flexibility index (Phi) is 4.46. The first-order chi connectivity index (χ1) is 11.1. The Balaban J connectivity index is 1.77. The van der Waals surface area contributed by atoms with E-state index in [1.807, 2.05) is 30.4 Å². The Hall–Kier alpha value is -2.17. The van der Waals surface area contributed by atoms with Crippen LogP contribution in [0.4, 0.5) is 0 Å². The summed E-state index contributed by atoms with van der Waals surface area (Å²) >= 11 is 0. The second-order valence-electron chi connectivity index (χ2n) is 6.44. The van der Waals surface area contributed by atoms with Gasteiger partial charge in [0.05, 0.1) is 23.6 Å². The molecule has 5 heteroatoms. The van der Waals surface area contributed by atoms with Crippen molar-refractivity contribution in [3.05, 3.63) is 42.2 Å². The minimum atomic E-state index is -0.869. The van der Waals surface area contributed by atoms with Crippen LogP contribution in [0.1, 0.15) is 37.9 Å². The van der Waals surface area contributed by atoms with E-state index in [2.05, 4.69) is 17.2 Å². The van der Waals surface area contributed by atoms with E-state index < -0.39 is 17.8 Å². The molecular weight excluding hydrogens is 292 g/mol. The molecule has 1 fully saturated rings. The van der Waals surface area contributed by atoms with Gasteiger partial charge < -0.3 is 10.4 Å². The Bertz CT molecular complexity index is 614. The minimum absolute atomic E-state index is 0.00674. The van der Waals surface area contributed by atoms with Gasteiger partial charge in [-0.15, -0.1) is 0 Å². The van der Waals surface area contributed by atoms with Crippen LogP contribution in [0.15, 0.2) is 36.5 Å². The summed E-state index contributed by atoms with van der Waals surface area (Å²) in [6, 6.07) is 5.48. The van der Waals surface area contributed by atoms with Gasteiger partial charge in [-0.1, -0.05) is 31.6 Å². The quantitative estimate of drug-likeness (QED) is 0.791. The van der Waals surface area contributed by atoms with Crippen LogP contribution in [0.5, 0.6) is 0 Å².